The van der Waals surface area contributed by atoms with E-state index in [9.17, 15) is 14.9 Å². The molecule has 1 fully saturated rings. The monoisotopic (exact) mass is 292 g/mol. The van der Waals surface area contributed by atoms with Crippen molar-refractivity contribution in [2.75, 3.05) is 25.5 Å². The summed E-state index contributed by atoms with van der Waals surface area (Å²) in [5, 5.41) is 19.9. The Morgan fingerprint density at radius 3 is 2.76 bits per heavy atom. The molecule has 0 unspecified atom stereocenters. The first kappa shape index (κ1) is 15.2. The highest BCUT2D eigenvalue weighted by molar-refractivity contribution is 5.95. The second kappa shape index (κ2) is 7.03. The highest BCUT2D eigenvalue weighted by Crippen LogP contribution is 2.25. The van der Waals surface area contributed by atoms with Crippen molar-refractivity contribution in [2.24, 2.45) is 0 Å². The van der Waals surface area contributed by atoms with E-state index in [0.717, 1.165) is 13.0 Å². The molecule has 0 saturated heterocycles. The van der Waals surface area contributed by atoms with Gasteiger partial charge < -0.3 is 16.0 Å². The lowest BCUT2D eigenvalue weighted by atomic mass is 10.1. The van der Waals surface area contributed by atoms with Gasteiger partial charge in [0.1, 0.15) is 5.69 Å². The number of anilines is 1. The van der Waals surface area contributed by atoms with Crippen molar-refractivity contribution in [1.82, 2.24) is 10.6 Å². The summed E-state index contributed by atoms with van der Waals surface area (Å²) in [6.45, 7) is 1.51. The molecule has 1 saturated carbocycles. The lowest BCUT2D eigenvalue weighted by Crippen LogP contribution is -2.20. The van der Waals surface area contributed by atoms with Crippen LogP contribution in [0.15, 0.2) is 18.2 Å². The molecule has 0 bridgehead atoms. The number of hydrogen-bond donors (Lipinski definition) is 3. The van der Waals surface area contributed by atoms with Gasteiger partial charge in [0.05, 0.1) is 4.92 Å². The van der Waals surface area contributed by atoms with Crippen LogP contribution in [0.4, 0.5) is 11.4 Å². The van der Waals surface area contributed by atoms with E-state index in [1.54, 1.807) is 0 Å². The second-order valence-electron chi connectivity index (χ2n) is 5.08. The predicted octanol–water partition coefficient (Wildman–Crippen LogP) is 1.51. The zero-order valence-corrected chi connectivity index (χ0v) is 12.0. The van der Waals surface area contributed by atoms with Gasteiger partial charge in [0.25, 0.3) is 11.6 Å². The van der Waals surface area contributed by atoms with Crippen LogP contribution in [0.2, 0.25) is 0 Å². The van der Waals surface area contributed by atoms with Crippen LogP contribution in [0.1, 0.15) is 29.6 Å². The van der Waals surface area contributed by atoms with Crippen LogP contribution < -0.4 is 16.0 Å². The largest absolute Gasteiger partial charge is 0.379 e. The van der Waals surface area contributed by atoms with Crippen LogP contribution in [0.3, 0.4) is 0 Å². The fourth-order valence-corrected chi connectivity index (χ4v) is 2.03. The minimum Gasteiger partial charge on any atom is -0.379 e. The molecule has 7 nitrogen and oxygen atoms in total. The standard InChI is InChI=1S/C14H20N4O3/c1-15-14(19)10-3-6-13(18(20)21)12(9-10)17-8-2-7-16-11-4-5-11/h3,6,9,11,16-17H,2,4-5,7-8H2,1H3,(H,15,19). The van der Waals surface area contributed by atoms with Crippen LogP contribution >= 0.6 is 0 Å². The predicted molar refractivity (Wildman–Crippen MR) is 80.6 cm³/mol. The van der Waals surface area contributed by atoms with Crippen LogP contribution in [0, 0.1) is 10.1 Å². The van der Waals surface area contributed by atoms with Crippen LogP contribution in [-0.4, -0.2) is 37.0 Å². The average Bonchev–Trinajstić information content (AvgIpc) is 3.29. The first-order chi connectivity index (χ1) is 10.1. The number of amides is 1. The summed E-state index contributed by atoms with van der Waals surface area (Å²) in [5.74, 6) is -0.261. The summed E-state index contributed by atoms with van der Waals surface area (Å²) < 4.78 is 0. The molecule has 0 radical (unpaired) electrons. The van der Waals surface area contributed by atoms with E-state index in [1.807, 2.05) is 0 Å². The fourth-order valence-electron chi connectivity index (χ4n) is 2.03. The first-order valence-electron chi connectivity index (χ1n) is 7.09. The molecule has 114 valence electrons. The van der Waals surface area contributed by atoms with Gasteiger partial charge >= 0.3 is 0 Å². The van der Waals surface area contributed by atoms with Crippen LogP contribution in [0.25, 0.3) is 0 Å². The van der Waals surface area contributed by atoms with Gasteiger partial charge in [-0.25, -0.2) is 0 Å². The van der Waals surface area contributed by atoms with E-state index < -0.39 is 4.92 Å². The van der Waals surface area contributed by atoms with Gasteiger partial charge in [-0.1, -0.05) is 0 Å². The van der Waals surface area contributed by atoms with Crippen LogP contribution in [-0.2, 0) is 0 Å². The Hall–Kier alpha value is -2.15. The summed E-state index contributed by atoms with van der Waals surface area (Å²) in [6.07, 6.45) is 3.36. The van der Waals surface area contributed by atoms with Gasteiger partial charge in [0.15, 0.2) is 0 Å². The smallest absolute Gasteiger partial charge is 0.292 e. The van der Waals surface area contributed by atoms with Gasteiger partial charge in [-0.2, -0.15) is 0 Å². The summed E-state index contributed by atoms with van der Waals surface area (Å²) >= 11 is 0. The second-order valence-corrected chi connectivity index (χ2v) is 5.08. The zero-order chi connectivity index (χ0) is 15.2. The Bertz CT molecular complexity index is 529. The Morgan fingerprint density at radius 1 is 1.38 bits per heavy atom. The molecule has 0 heterocycles. The van der Waals surface area contributed by atoms with Crippen molar-refractivity contribution < 1.29 is 9.72 Å². The molecular weight excluding hydrogens is 272 g/mol. The molecule has 7 heteroatoms. The normalized spacial score (nSPS) is 13.8. The molecule has 2 rings (SSSR count). The third kappa shape index (κ3) is 4.42. The number of nitro benzene ring substituents is 1. The Kier molecular flexibility index (Phi) is 5.10. The molecule has 3 N–H and O–H groups in total. The zero-order valence-electron chi connectivity index (χ0n) is 12.0. The lowest BCUT2D eigenvalue weighted by Gasteiger charge is -2.09. The summed E-state index contributed by atoms with van der Waals surface area (Å²) in [7, 11) is 1.53. The minimum absolute atomic E-state index is 0.0159. The number of nitrogens with one attached hydrogen (secondary N) is 3. The van der Waals surface area contributed by atoms with Crippen molar-refractivity contribution in [3.05, 3.63) is 33.9 Å². The Balaban J connectivity index is 1.96. The number of carbonyl (C=O) groups excluding carboxylic acids is 1. The van der Waals surface area contributed by atoms with Crippen molar-refractivity contribution in [3.8, 4) is 0 Å². The van der Waals surface area contributed by atoms with Crippen LogP contribution in [0.5, 0.6) is 0 Å². The number of nitrogens with zero attached hydrogens (tertiary/aromatic N) is 1. The number of rotatable bonds is 8. The van der Waals surface area contributed by atoms with Crippen molar-refractivity contribution >= 4 is 17.3 Å². The molecule has 1 aromatic carbocycles. The van der Waals surface area contributed by atoms with E-state index in [4.69, 9.17) is 0 Å². The SMILES string of the molecule is CNC(=O)c1ccc([N+](=O)[O-])c(NCCCNC2CC2)c1. The molecule has 0 spiro atoms. The topological polar surface area (TPSA) is 96.3 Å². The van der Waals surface area contributed by atoms with Crippen molar-refractivity contribution in [3.63, 3.8) is 0 Å². The Morgan fingerprint density at radius 2 is 2.14 bits per heavy atom. The molecule has 1 aliphatic carbocycles. The van der Waals surface area contributed by atoms with E-state index in [0.29, 0.717) is 23.8 Å². The lowest BCUT2D eigenvalue weighted by molar-refractivity contribution is -0.384. The molecule has 0 atom stereocenters. The van der Waals surface area contributed by atoms with Gasteiger partial charge in [-0.3, -0.25) is 14.9 Å². The Labute approximate surface area is 123 Å². The van der Waals surface area contributed by atoms with E-state index in [-0.39, 0.29) is 11.6 Å². The van der Waals surface area contributed by atoms with Gasteiger partial charge in [-0.15, -0.1) is 0 Å². The highest BCUT2D eigenvalue weighted by Gasteiger charge is 2.19. The summed E-state index contributed by atoms with van der Waals surface area (Å²) in [4.78, 5) is 22.2. The molecule has 1 amide bonds. The van der Waals surface area contributed by atoms with Crippen molar-refractivity contribution in [2.45, 2.75) is 25.3 Å². The van der Waals surface area contributed by atoms with Gasteiger partial charge in [-0.05, 0) is 37.9 Å². The fraction of sp³-hybridized carbons (Fsp3) is 0.500. The summed E-state index contributed by atoms with van der Waals surface area (Å²) in [5.41, 5.74) is 0.770. The quantitative estimate of drug-likeness (QED) is 0.383. The summed E-state index contributed by atoms with van der Waals surface area (Å²) in [6, 6.07) is 4.99. The molecule has 21 heavy (non-hydrogen) atoms. The number of carbonyl (C=O) groups is 1. The number of benzene rings is 1. The van der Waals surface area contributed by atoms with Crippen molar-refractivity contribution in [1.29, 1.82) is 0 Å². The van der Waals surface area contributed by atoms with E-state index in [1.165, 1.54) is 38.1 Å². The first-order valence-corrected chi connectivity index (χ1v) is 7.09. The minimum atomic E-state index is -0.446. The molecule has 0 aliphatic heterocycles. The average molecular weight is 292 g/mol. The van der Waals surface area contributed by atoms with Gasteiger partial charge in [0.2, 0.25) is 0 Å². The maximum atomic E-state index is 11.6. The molecule has 1 aliphatic rings. The molecule has 1 aromatic rings. The highest BCUT2D eigenvalue weighted by atomic mass is 16.6. The number of nitro groups is 1. The van der Waals surface area contributed by atoms with Gasteiger partial charge in [0, 0.05) is 31.3 Å². The van der Waals surface area contributed by atoms with E-state index >= 15 is 0 Å². The maximum absolute atomic E-state index is 11.6. The third-order valence-corrected chi connectivity index (χ3v) is 3.36. The van der Waals surface area contributed by atoms with E-state index in [2.05, 4.69) is 16.0 Å². The molecule has 0 aromatic heterocycles. The third-order valence-electron chi connectivity index (χ3n) is 3.36. The number of hydrogen-bond acceptors (Lipinski definition) is 5. The molecular formula is C14H20N4O3. The maximum Gasteiger partial charge on any atom is 0.292 e.